The highest BCUT2D eigenvalue weighted by atomic mass is 16.3. The van der Waals surface area contributed by atoms with Crippen LogP contribution >= 0.6 is 0 Å². The minimum absolute atomic E-state index is 0.00822. The standard InChI is InChI=1S/C21H23N3O2/c1-15-8-10-16(11-9-15)17-14-18(23-22-17)21(25)24-12-4-2-3-6-19(24)20-7-5-13-26-20/h5,7-11,13-14,19H,2-4,6,12H2,1H3,(H,22,23). The summed E-state index contributed by atoms with van der Waals surface area (Å²) in [6.45, 7) is 2.79. The van der Waals surface area contributed by atoms with Gasteiger partial charge >= 0.3 is 0 Å². The van der Waals surface area contributed by atoms with E-state index < -0.39 is 0 Å². The molecule has 1 aliphatic heterocycles. The third kappa shape index (κ3) is 3.29. The van der Waals surface area contributed by atoms with Crippen LogP contribution in [0.1, 0.15) is 53.5 Å². The quantitative estimate of drug-likeness (QED) is 0.743. The maximum Gasteiger partial charge on any atom is 0.272 e. The molecule has 1 N–H and O–H groups in total. The van der Waals surface area contributed by atoms with Crippen molar-refractivity contribution in [2.45, 2.75) is 38.6 Å². The Morgan fingerprint density at radius 2 is 2.04 bits per heavy atom. The lowest BCUT2D eigenvalue weighted by atomic mass is 10.1. The van der Waals surface area contributed by atoms with Gasteiger partial charge in [0.1, 0.15) is 11.5 Å². The van der Waals surface area contributed by atoms with Crippen LogP contribution in [0.2, 0.25) is 0 Å². The first kappa shape index (κ1) is 16.6. The Morgan fingerprint density at radius 3 is 2.81 bits per heavy atom. The summed E-state index contributed by atoms with van der Waals surface area (Å²) < 4.78 is 5.61. The van der Waals surface area contributed by atoms with Crippen LogP contribution in [0, 0.1) is 6.92 Å². The lowest BCUT2D eigenvalue weighted by Crippen LogP contribution is -2.34. The fraction of sp³-hybridized carbons (Fsp3) is 0.333. The normalized spacial score (nSPS) is 17.9. The zero-order valence-corrected chi connectivity index (χ0v) is 14.9. The topological polar surface area (TPSA) is 62.1 Å². The van der Waals surface area contributed by atoms with Crippen molar-refractivity contribution in [3.63, 3.8) is 0 Å². The number of hydrogen-bond donors (Lipinski definition) is 1. The number of benzene rings is 1. The number of nitrogens with one attached hydrogen (secondary N) is 1. The van der Waals surface area contributed by atoms with E-state index in [9.17, 15) is 4.79 Å². The summed E-state index contributed by atoms with van der Waals surface area (Å²) in [5.74, 6) is 0.845. The van der Waals surface area contributed by atoms with Crippen LogP contribution in [-0.4, -0.2) is 27.5 Å². The van der Waals surface area contributed by atoms with Crippen molar-refractivity contribution in [1.29, 1.82) is 0 Å². The summed E-state index contributed by atoms with van der Waals surface area (Å²) in [5, 5.41) is 7.28. The molecule has 5 heteroatoms. The van der Waals surface area contributed by atoms with Crippen molar-refractivity contribution in [3.05, 3.63) is 65.7 Å². The van der Waals surface area contributed by atoms with Crippen LogP contribution in [0.5, 0.6) is 0 Å². The molecule has 1 atom stereocenters. The molecule has 2 aromatic heterocycles. The summed E-state index contributed by atoms with van der Waals surface area (Å²) in [6, 6.07) is 13.8. The van der Waals surface area contributed by atoms with Gasteiger partial charge in [0.2, 0.25) is 0 Å². The number of H-pyrrole nitrogens is 1. The zero-order chi connectivity index (χ0) is 17.9. The molecule has 1 aromatic carbocycles. The van der Waals surface area contributed by atoms with E-state index in [2.05, 4.69) is 17.1 Å². The number of rotatable bonds is 3. The molecule has 0 saturated carbocycles. The van der Waals surface area contributed by atoms with Crippen molar-refractivity contribution in [2.75, 3.05) is 6.54 Å². The summed E-state index contributed by atoms with van der Waals surface area (Å²) in [5.41, 5.74) is 3.52. The lowest BCUT2D eigenvalue weighted by molar-refractivity contribution is 0.0652. The average Bonchev–Trinajstić information content (AvgIpc) is 3.30. The van der Waals surface area contributed by atoms with Gasteiger partial charge in [0.15, 0.2) is 0 Å². The maximum atomic E-state index is 13.2. The van der Waals surface area contributed by atoms with E-state index in [4.69, 9.17) is 4.42 Å². The molecule has 1 fully saturated rings. The van der Waals surface area contributed by atoms with E-state index in [0.29, 0.717) is 5.69 Å². The van der Waals surface area contributed by atoms with Gasteiger partial charge < -0.3 is 9.32 Å². The Kier molecular flexibility index (Phi) is 4.61. The number of aromatic amines is 1. The molecule has 1 aliphatic rings. The summed E-state index contributed by atoms with van der Waals surface area (Å²) in [4.78, 5) is 15.1. The molecule has 0 aliphatic carbocycles. The van der Waals surface area contributed by atoms with Crippen LogP contribution in [-0.2, 0) is 0 Å². The first-order chi connectivity index (χ1) is 12.7. The number of aryl methyl sites for hydroxylation is 1. The van der Waals surface area contributed by atoms with Crippen molar-refractivity contribution in [2.24, 2.45) is 0 Å². The van der Waals surface area contributed by atoms with E-state index in [1.165, 1.54) is 5.56 Å². The molecule has 3 heterocycles. The number of amides is 1. The highest BCUT2D eigenvalue weighted by Gasteiger charge is 2.30. The highest BCUT2D eigenvalue weighted by Crippen LogP contribution is 2.31. The van der Waals surface area contributed by atoms with Crippen molar-refractivity contribution in [3.8, 4) is 11.3 Å². The molecular formula is C21H23N3O2. The van der Waals surface area contributed by atoms with Gasteiger partial charge in [-0.1, -0.05) is 42.7 Å². The molecule has 134 valence electrons. The first-order valence-electron chi connectivity index (χ1n) is 9.19. The second kappa shape index (κ2) is 7.20. The summed E-state index contributed by atoms with van der Waals surface area (Å²) >= 11 is 0. The predicted octanol–water partition coefficient (Wildman–Crippen LogP) is 4.74. The summed E-state index contributed by atoms with van der Waals surface area (Å²) in [6.07, 6.45) is 5.86. The van der Waals surface area contributed by atoms with E-state index in [-0.39, 0.29) is 11.9 Å². The van der Waals surface area contributed by atoms with Gasteiger partial charge in [-0.3, -0.25) is 9.89 Å². The van der Waals surface area contributed by atoms with Gasteiger partial charge in [-0.2, -0.15) is 5.10 Å². The fourth-order valence-electron chi connectivity index (χ4n) is 3.59. The number of nitrogens with zero attached hydrogens (tertiary/aromatic N) is 2. The Labute approximate surface area is 153 Å². The van der Waals surface area contributed by atoms with Gasteiger partial charge in [-0.05, 0) is 38.0 Å². The SMILES string of the molecule is Cc1ccc(-c2cc(C(=O)N3CCCCCC3c3ccco3)[nH]n2)cc1. The van der Waals surface area contributed by atoms with Crippen molar-refractivity contribution >= 4 is 5.91 Å². The van der Waals surface area contributed by atoms with Gasteiger partial charge in [-0.15, -0.1) is 0 Å². The third-order valence-electron chi connectivity index (χ3n) is 5.04. The van der Waals surface area contributed by atoms with E-state index in [1.807, 2.05) is 47.4 Å². The molecule has 0 radical (unpaired) electrons. The van der Waals surface area contributed by atoms with Gasteiger partial charge in [-0.25, -0.2) is 0 Å². The fourth-order valence-corrected chi connectivity index (χ4v) is 3.59. The number of aromatic nitrogens is 2. The van der Waals surface area contributed by atoms with Crippen LogP contribution in [0.3, 0.4) is 0 Å². The number of hydrogen-bond acceptors (Lipinski definition) is 3. The molecule has 1 unspecified atom stereocenters. The molecule has 1 saturated heterocycles. The molecular weight excluding hydrogens is 326 g/mol. The van der Waals surface area contributed by atoms with E-state index in [0.717, 1.165) is 49.2 Å². The van der Waals surface area contributed by atoms with Crippen LogP contribution < -0.4 is 0 Å². The predicted molar refractivity (Wildman–Crippen MR) is 99.7 cm³/mol. The van der Waals surface area contributed by atoms with E-state index >= 15 is 0 Å². The maximum absolute atomic E-state index is 13.2. The van der Waals surface area contributed by atoms with Gasteiger partial charge in [0.25, 0.3) is 5.91 Å². The van der Waals surface area contributed by atoms with Gasteiger partial charge in [0.05, 0.1) is 18.0 Å². The molecule has 26 heavy (non-hydrogen) atoms. The largest absolute Gasteiger partial charge is 0.467 e. The Bertz CT molecular complexity index is 865. The Hall–Kier alpha value is -2.82. The molecule has 1 amide bonds. The molecule has 0 bridgehead atoms. The van der Waals surface area contributed by atoms with E-state index in [1.54, 1.807) is 6.26 Å². The van der Waals surface area contributed by atoms with Crippen LogP contribution in [0.4, 0.5) is 0 Å². The number of carbonyl (C=O) groups excluding carboxylic acids is 1. The smallest absolute Gasteiger partial charge is 0.272 e. The highest BCUT2D eigenvalue weighted by molar-refractivity contribution is 5.93. The lowest BCUT2D eigenvalue weighted by Gasteiger charge is -2.28. The number of carbonyl (C=O) groups is 1. The monoisotopic (exact) mass is 349 g/mol. The molecule has 4 rings (SSSR count). The second-order valence-electron chi connectivity index (χ2n) is 6.91. The second-order valence-corrected chi connectivity index (χ2v) is 6.91. The molecule has 3 aromatic rings. The number of likely N-dealkylation sites (tertiary alicyclic amines) is 1. The van der Waals surface area contributed by atoms with Gasteiger partial charge in [0, 0.05) is 12.1 Å². The number of furan rings is 1. The van der Waals surface area contributed by atoms with Crippen LogP contribution in [0.25, 0.3) is 11.3 Å². The Morgan fingerprint density at radius 1 is 1.19 bits per heavy atom. The van der Waals surface area contributed by atoms with Crippen LogP contribution in [0.15, 0.2) is 53.1 Å². The zero-order valence-electron chi connectivity index (χ0n) is 14.9. The van der Waals surface area contributed by atoms with Crippen molar-refractivity contribution in [1.82, 2.24) is 15.1 Å². The minimum Gasteiger partial charge on any atom is -0.467 e. The molecule has 0 spiro atoms. The first-order valence-corrected chi connectivity index (χ1v) is 9.19. The Balaban J connectivity index is 1.60. The minimum atomic E-state index is -0.0147. The summed E-state index contributed by atoms with van der Waals surface area (Å²) in [7, 11) is 0. The average molecular weight is 349 g/mol. The molecule has 5 nitrogen and oxygen atoms in total. The third-order valence-corrected chi connectivity index (χ3v) is 5.04. The van der Waals surface area contributed by atoms with Crippen molar-refractivity contribution < 1.29 is 9.21 Å².